The number of aromatic nitrogens is 1. The lowest BCUT2D eigenvalue weighted by Gasteiger charge is -2.15. The van der Waals surface area contributed by atoms with Crippen molar-refractivity contribution in [1.82, 2.24) is 10.3 Å². The quantitative estimate of drug-likeness (QED) is 0.888. The molecule has 3 nitrogen and oxygen atoms in total. The summed E-state index contributed by atoms with van der Waals surface area (Å²) in [6, 6.07) is 9.87. The highest BCUT2D eigenvalue weighted by Gasteiger charge is 2.11. The third-order valence-electron chi connectivity index (χ3n) is 3.04. The molecule has 1 aromatic heterocycles. The maximum atomic E-state index is 13.6. The van der Waals surface area contributed by atoms with Gasteiger partial charge in [-0.2, -0.15) is 0 Å². The van der Waals surface area contributed by atoms with Crippen LogP contribution in [0.1, 0.15) is 29.9 Å². The minimum Gasteiger partial charge on any atom is -0.506 e. The lowest BCUT2D eigenvalue weighted by molar-refractivity contribution is 0.452. The van der Waals surface area contributed by atoms with Gasteiger partial charge in [0.25, 0.3) is 0 Å². The van der Waals surface area contributed by atoms with Gasteiger partial charge >= 0.3 is 0 Å². The Morgan fingerprint density at radius 3 is 2.74 bits per heavy atom. The lowest BCUT2D eigenvalue weighted by atomic mass is 10.1. The number of hydrogen-bond acceptors (Lipinski definition) is 3. The van der Waals surface area contributed by atoms with Crippen molar-refractivity contribution in [1.29, 1.82) is 0 Å². The van der Waals surface area contributed by atoms with E-state index >= 15 is 0 Å². The van der Waals surface area contributed by atoms with Crippen molar-refractivity contribution in [3.05, 3.63) is 59.2 Å². The van der Waals surface area contributed by atoms with E-state index < -0.39 is 0 Å². The molecule has 1 heterocycles. The molecular weight excluding hydrogens is 243 g/mol. The van der Waals surface area contributed by atoms with E-state index in [1.807, 2.05) is 13.8 Å². The first-order chi connectivity index (χ1) is 9.08. The van der Waals surface area contributed by atoms with Gasteiger partial charge in [0, 0.05) is 23.8 Å². The van der Waals surface area contributed by atoms with Gasteiger partial charge in [-0.25, -0.2) is 4.39 Å². The van der Waals surface area contributed by atoms with Crippen LogP contribution in [-0.2, 0) is 6.54 Å². The Morgan fingerprint density at radius 2 is 2.00 bits per heavy atom. The van der Waals surface area contributed by atoms with Crippen LogP contribution in [0.3, 0.4) is 0 Å². The number of nitrogens with one attached hydrogen (secondary N) is 1. The molecule has 1 atom stereocenters. The van der Waals surface area contributed by atoms with E-state index in [9.17, 15) is 9.50 Å². The zero-order chi connectivity index (χ0) is 13.8. The predicted octanol–water partition coefficient (Wildman–Crippen LogP) is 3.09. The van der Waals surface area contributed by atoms with Gasteiger partial charge in [0.15, 0.2) is 0 Å². The molecule has 2 rings (SSSR count). The number of rotatable bonds is 4. The van der Waals surface area contributed by atoms with E-state index in [1.54, 1.807) is 30.3 Å². The summed E-state index contributed by atoms with van der Waals surface area (Å²) in [5.74, 6) is -0.0808. The van der Waals surface area contributed by atoms with Crippen LogP contribution in [-0.4, -0.2) is 10.1 Å². The summed E-state index contributed by atoms with van der Waals surface area (Å²) in [7, 11) is 0. The second kappa shape index (κ2) is 5.80. The van der Waals surface area contributed by atoms with Crippen molar-refractivity contribution in [2.45, 2.75) is 26.4 Å². The molecule has 0 fully saturated rings. The molecule has 0 radical (unpaired) electrons. The maximum absolute atomic E-state index is 13.6. The van der Waals surface area contributed by atoms with Gasteiger partial charge in [0.2, 0.25) is 0 Å². The molecule has 0 spiro atoms. The second-order valence-electron chi connectivity index (χ2n) is 4.54. The largest absolute Gasteiger partial charge is 0.506 e. The summed E-state index contributed by atoms with van der Waals surface area (Å²) in [6.45, 7) is 4.14. The predicted molar refractivity (Wildman–Crippen MR) is 72.3 cm³/mol. The van der Waals surface area contributed by atoms with E-state index in [0.29, 0.717) is 17.8 Å². The minimum absolute atomic E-state index is 0.150. The number of halogens is 1. The summed E-state index contributed by atoms with van der Waals surface area (Å²) >= 11 is 0. The van der Waals surface area contributed by atoms with Crippen LogP contribution in [0.2, 0.25) is 0 Å². The Bertz CT molecular complexity index is 572. The lowest BCUT2D eigenvalue weighted by Crippen LogP contribution is -2.20. The molecular formula is C15H17FN2O. The van der Waals surface area contributed by atoms with Crippen LogP contribution in [0, 0.1) is 12.7 Å². The second-order valence-corrected chi connectivity index (χ2v) is 4.54. The average molecular weight is 260 g/mol. The summed E-state index contributed by atoms with van der Waals surface area (Å²) in [5, 5.41) is 12.9. The molecule has 2 aromatic rings. The van der Waals surface area contributed by atoms with E-state index in [1.165, 1.54) is 6.07 Å². The van der Waals surface area contributed by atoms with Crippen molar-refractivity contribution in [3.8, 4) is 5.75 Å². The monoisotopic (exact) mass is 260 g/mol. The highest BCUT2D eigenvalue weighted by Crippen LogP contribution is 2.19. The first kappa shape index (κ1) is 13.5. The normalized spacial score (nSPS) is 12.4. The van der Waals surface area contributed by atoms with Crippen LogP contribution in [0.15, 0.2) is 36.4 Å². The molecule has 1 aromatic carbocycles. The summed E-state index contributed by atoms with van der Waals surface area (Å²) in [4.78, 5) is 4.25. The number of hydrogen-bond donors (Lipinski definition) is 2. The highest BCUT2D eigenvalue weighted by atomic mass is 19.1. The molecule has 0 aliphatic rings. The van der Waals surface area contributed by atoms with Crippen LogP contribution in [0.4, 0.5) is 4.39 Å². The Labute approximate surface area is 112 Å². The average Bonchev–Trinajstić information content (AvgIpc) is 2.40. The van der Waals surface area contributed by atoms with Gasteiger partial charge in [0.1, 0.15) is 11.6 Å². The standard InChI is InChI=1S/C15H17FN2O/c1-10-7-8-15(19)14(18-10)9-17-11(2)12-5-3-4-6-13(12)16/h3-8,11,17,19H,9H2,1-2H3. The summed E-state index contributed by atoms with van der Waals surface area (Å²) in [5.41, 5.74) is 2.02. The van der Waals surface area contributed by atoms with E-state index in [4.69, 9.17) is 0 Å². The fourth-order valence-corrected chi connectivity index (χ4v) is 1.92. The molecule has 0 aliphatic heterocycles. The van der Waals surface area contributed by atoms with E-state index in [0.717, 1.165) is 5.69 Å². The molecule has 2 N–H and O–H groups in total. The highest BCUT2D eigenvalue weighted by molar-refractivity contribution is 5.28. The first-order valence-corrected chi connectivity index (χ1v) is 6.21. The van der Waals surface area contributed by atoms with Crippen molar-refractivity contribution in [2.75, 3.05) is 0 Å². The van der Waals surface area contributed by atoms with Crippen molar-refractivity contribution in [3.63, 3.8) is 0 Å². The van der Waals surface area contributed by atoms with Gasteiger partial charge in [-0.3, -0.25) is 4.98 Å². The van der Waals surface area contributed by atoms with Crippen molar-refractivity contribution >= 4 is 0 Å². The Hall–Kier alpha value is -1.94. The van der Waals surface area contributed by atoms with Crippen LogP contribution < -0.4 is 5.32 Å². The molecule has 0 saturated carbocycles. The number of aromatic hydroxyl groups is 1. The summed E-state index contributed by atoms with van der Waals surface area (Å²) < 4.78 is 13.6. The number of aryl methyl sites for hydroxylation is 1. The van der Waals surface area contributed by atoms with E-state index in [2.05, 4.69) is 10.3 Å². The zero-order valence-electron chi connectivity index (χ0n) is 11.0. The first-order valence-electron chi connectivity index (χ1n) is 6.21. The molecule has 0 bridgehead atoms. The smallest absolute Gasteiger partial charge is 0.138 e. The van der Waals surface area contributed by atoms with Crippen molar-refractivity contribution < 1.29 is 9.50 Å². The Morgan fingerprint density at radius 1 is 1.26 bits per heavy atom. The third kappa shape index (κ3) is 3.29. The zero-order valence-corrected chi connectivity index (χ0v) is 11.0. The number of benzene rings is 1. The fraction of sp³-hybridized carbons (Fsp3) is 0.267. The molecule has 0 aliphatic carbocycles. The van der Waals surface area contributed by atoms with Gasteiger partial charge in [-0.1, -0.05) is 18.2 Å². The SMILES string of the molecule is Cc1ccc(O)c(CNC(C)c2ccccc2F)n1. The fourth-order valence-electron chi connectivity index (χ4n) is 1.92. The topological polar surface area (TPSA) is 45.1 Å². The molecule has 0 saturated heterocycles. The van der Waals surface area contributed by atoms with E-state index in [-0.39, 0.29) is 17.6 Å². The van der Waals surface area contributed by atoms with Gasteiger partial charge in [-0.05, 0) is 32.0 Å². The number of pyridine rings is 1. The minimum atomic E-state index is -0.232. The molecule has 0 amide bonds. The van der Waals surface area contributed by atoms with Gasteiger partial charge in [0.05, 0.1) is 5.69 Å². The Balaban J connectivity index is 2.06. The Kier molecular flexibility index (Phi) is 4.12. The van der Waals surface area contributed by atoms with Gasteiger partial charge < -0.3 is 10.4 Å². The van der Waals surface area contributed by atoms with Crippen molar-refractivity contribution in [2.24, 2.45) is 0 Å². The molecule has 19 heavy (non-hydrogen) atoms. The van der Waals surface area contributed by atoms with Crippen LogP contribution >= 0.6 is 0 Å². The molecule has 4 heteroatoms. The van der Waals surface area contributed by atoms with Crippen LogP contribution in [0.25, 0.3) is 0 Å². The van der Waals surface area contributed by atoms with Crippen LogP contribution in [0.5, 0.6) is 5.75 Å². The third-order valence-corrected chi connectivity index (χ3v) is 3.04. The molecule has 1 unspecified atom stereocenters. The maximum Gasteiger partial charge on any atom is 0.138 e. The summed E-state index contributed by atoms with van der Waals surface area (Å²) in [6.07, 6.45) is 0. The number of nitrogens with zero attached hydrogens (tertiary/aromatic N) is 1. The molecule has 100 valence electrons. The van der Waals surface area contributed by atoms with Gasteiger partial charge in [-0.15, -0.1) is 0 Å².